The van der Waals surface area contributed by atoms with E-state index in [1.807, 2.05) is 0 Å². The average molecular weight is 191 g/mol. The molecular formula is C12H17NO. The Bertz CT molecular complexity index is 333. The molecule has 0 radical (unpaired) electrons. The summed E-state index contributed by atoms with van der Waals surface area (Å²) < 4.78 is 5.25. The summed E-state index contributed by atoms with van der Waals surface area (Å²) in [4.78, 5) is 2.28. The Balaban J connectivity index is 2.37. The van der Waals surface area contributed by atoms with E-state index in [0.717, 1.165) is 5.75 Å². The lowest BCUT2D eigenvalue weighted by Crippen LogP contribution is -2.17. The van der Waals surface area contributed by atoms with Gasteiger partial charge in [-0.05, 0) is 50.2 Å². The summed E-state index contributed by atoms with van der Waals surface area (Å²) in [6.45, 7) is 0. The lowest BCUT2D eigenvalue weighted by molar-refractivity contribution is 0.298. The van der Waals surface area contributed by atoms with E-state index in [0.29, 0.717) is 6.04 Å². The van der Waals surface area contributed by atoms with Crippen molar-refractivity contribution >= 4 is 0 Å². The zero-order valence-electron chi connectivity index (χ0n) is 9.08. The molecule has 0 saturated carbocycles. The van der Waals surface area contributed by atoms with Crippen LogP contribution in [-0.2, 0) is 6.42 Å². The molecule has 0 saturated heterocycles. The van der Waals surface area contributed by atoms with Crippen LogP contribution in [0.1, 0.15) is 23.6 Å². The first kappa shape index (κ1) is 9.53. The highest BCUT2D eigenvalue weighted by Gasteiger charge is 2.24. The molecule has 0 fully saturated rings. The van der Waals surface area contributed by atoms with Crippen LogP contribution in [0.25, 0.3) is 0 Å². The van der Waals surface area contributed by atoms with Gasteiger partial charge in [0.1, 0.15) is 5.75 Å². The van der Waals surface area contributed by atoms with Gasteiger partial charge in [-0.2, -0.15) is 0 Å². The van der Waals surface area contributed by atoms with E-state index >= 15 is 0 Å². The number of nitrogens with zero attached hydrogens (tertiary/aromatic N) is 1. The number of ether oxygens (including phenoxy) is 1. The molecule has 1 atom stereocenters. The summed E-state index contributed by atoms with van der Waals surface area (Å²) in [5, 5.41) is 0. The Labute approximate surface area is 85.5 Å². The summed E-state index contributed by atoms with van der Waals surface area (Å²) in [5.41, 5.74) is 2.92. The first-order chi connectivity index (χ1) is 6.72. The maximum Gasteiger partial charge on any atom is 0.119 e. The average Bonchev–Trinajstić information content (AvgIpc) is 2.59. The van der Waals surface area contributed by atoms with Crippen molar-refractivity contribution in [1.29, 1.82) is 0 Å². The minimum atomic E-state index is 0.570. The summed E-state index contributed by atoms with van der Waals surface area (Å²) in [5.74, 6) is 0.970. The number of methoxy groups -OCH3 is 1. The summed E-state index contributed by atoms with van der Waals surface area (Å²) >= 11 is 0. The molecule has 0 bridgehead atoms. The number of hydrogen-bond donors (Lipinski definition) is 0. The fourth-order valence-corrected chi connectivity index (χ4v) is 2.22. The molecule has 2 nitrogen and oxygen atoms in total. The lowest BCUT2D eigenvalue weighted by atomic mass is 10.1. The van der Waals surface area contributed by atoms with Crippen LogP contribution in [0.3, 0.4) is 0 Å². The number of aryl methyl sites for hydroxylation is 1. The van der Waals surface area contributed by atoms with Gasteiger partial charge in [0.2, 0.25) is 0 Å². The third-order valence-electron chi connectivity index (χ3n) is 3.02. The van der Waals surface area contributed by atoms with Gasteiger partial charge in [0.25, 0.3) is 0 Å². The molecular weight excluding hydrogens is 174 g/mol. The van der Waals surface area contributed by atoms with E-state index in [1.165, 1.54) is 24.0 Å². The Morgan fingerprint density at radius 1 is 1.36 bits per heavy atom. The standard InChI is InChI=1S/C12H17NO/c1-13(2)12-7-5-9-4-6-10(14-3)8-11(9)12/h4,6,8,12H,5,7H2,1-3H3. The Kier molecular flexibility index (Phi) is 2.46. The predicted octanol–water partition coefficient (Wildman–Crippen LogP) is 2.24. The molecule has 14 heavy (non-hydrogen) atoms. The minimum absolute atomic E-state index is 0.570. The van der Waals surface area contributed by atoms with Crippen molar-refractivity contribution in [3.8, 4) is 5.75 Å². The van der Waals surface area contributed by atoms with Crippen LogP contribution < -0.4 is 4.74 Å². The molecule has 1 aromatic carbocycles. The normalized spacial score (nSPS) is 19.9. The number of fused-ring (bicyclic) bond motifs is 1. The van der Waals surface area contributed by atoms with E-state index in [2.05, 4.69) is 37.2 Å². The van der Waals surface area contributed by atoms with Crippen molar-refractivity contribution in [2.75, 3.05) is 21.2 Å². The van der Waals surface area contributed by atoms with E-state index in [9.17, 15) is 0 Å². The zero-order valence-corrected chi connectivity index (χ0v) is 9.08. The molecule has 1 aromatic rings. The summed E-state index contributed by atoms with van der Waals surface area (Å²) in [6, 6.07) is 6.99. The van der Waals surface area contributed by atoms with Crippen LogP contribution in [-0.4, -0.2) is 26.1 Å². The summed E-state index contributed by atoms with van der Waals surface area (Å²) in [6.07, 6.45) is 2.43. The van der Waals surface area contributed by atoms with E-state index in [4.69, 9.17) is 4.74 Å². The Morgan fingerprint density at radius 3 is 2.79 bits per heavy atom. The second kappa shape index (κ2) is 3.62. The van der Waals surface area contributed by atoms with Gasteiger partial charge < -0.3 is 9.64 Å². The Hall–Kier alpha value is -1.02. The van der Waals surface area contributed by atoms with Crippen LogP contribution in [0, 0.1) is 0 Å². The highest BCUT2D eigenvalue weighted by atomic mass is 16.5. The van der Waals surface area contributed by atoms with Crippen LogP contribution in [0.5, 0.6) is 5.75 Å². The fourth-order valence-electron chi connectivity index (χ4n) is 2.22. The van der Waals surface area contributed by atoms with Gasteiger partial charge >= 0.3 is 0 Å². The van der Waals surface area contributed by atoms with Crippen molar-refractivity contribution in [3.05, 3.63) is 29.3 Å². The SMILES string of the molecule is COc1ccc2c(c1)C(N(C)C)CC2. The van der Waals surface area contributed by atoms with Crippen LogP contribution in [0.15, 0.2) is 18.2 Å². The molecule has 1 aliphatic carbocycles. The minimum Gasteiger partial charge on any atom is -0.497 e. The van der Waals surface area contributed by atoms with Gasteiger partial charge in [-0.25, -0.2) is 0 Å². The molecule has 1 aliphatic rings. The lowest BCUT2D eigenvalue weighted by Gasteiger charge is -2.20. The quantitative estimate of drug-likeness (QED) is 0.711. The van der Waals surface area contributed by atoms with Crippen molar-refractivity contribution < 1.29 is 4.74 Å². The smallest absolute Gasteiger partial charge is 0.119 e. The monoisotopic (exact) mass is 191 g/mol. The van der Waals surface area contributed by atoms with Crippen LogP contribution in [0.2, 0.25) is 0 Å². The predicted molar refractivity (Wildman–Crippen MR) is 57.7 cm³/mol. The van der Waals surface area contributed by atoms with E-state index in [-0.39, 0.29) is 0 Å². The second-order valence-electron chi connectivity index (χ2n) is 4.08. The molecule has 2 heteroatoms. The van der Waals surface area contributed by atoms with Crippen molar-refractivity contribution in [3.63, 3.8) is 0 Å². The van der Waals surface area contributed by atoms with Crippen molar-refractivity contribution in [1.82, 2.24) is 4.90 Å². The van der Waals surface area contributed by atoms with Crippen molar-refractivity contribution in [2.45, 2.75) is 18.9 Å². The second-order valence-corrected chi connectivity index (χ2v) is 4.08. The largest absolute Gasteiger partial charge is 0.497 e. The van der Waals surface area contributed by atoms with Gasteiger partial charge in [0.05, 0.1) is 7.11 Å². The maximum absolute atomic E-state index is 5.25. The van der Waals surface area contributed by atoms with Gasteiger partial charge in [-0.1, -0.05) is 6.07 Å². The first-order valence-electron chi connectivity index (χ1n) is 5.05. The molecule has 1 unspecified atom stereocenters. The van der Waals surface area contributed by atoms with E-state index < -0.39 is 0 Å². The number of rotatable bonds is 2. The van der Waals surface area contributed by atoms with Crippen molar-refractivity contribution in [2.24, 2.45) is 0 Å². The van der Waals surface area contributed by atoms with E-state index in [1.54, 1.807) is 7.11 Å². The number of hydrogen-bond acceptors (Lipinski definition) is 2. The van der Waals surface area contributed by atoms with Gasteiger partial charge in [0.15, 0.2) is 0 Å². The molecule has 76 valence electrons. The molecule has 2 rings (SSSR count). The molecule has 0 aliphatic heterocycles. The Morgan fingerprint density at radius 2 is 2.14 bits per heavy atom. The maximum atomic E-state index is 5.25. The molecule has 0 heterocycles. The molecule has 0 amide bonds. The molecule has 0 spiro atoms. The zero-order chi connectivity index (χ0) is 10.1. The fraction of sp³-hybridized carbons (Fsp3) is 0.500. The number of benzene rings is 1. The van der Waals surface area contributed by atoms with Crippen LogP contribution in [0.4, 0.5) is 0 Å². The highest BCUT2D eigenvalue weighted by Crippen LogP contribution is 2.36. The third-order valence-corrected chi connectivity index (χ3v) is 3.02. The van der Waals surface area contributed by atoms with Gasteiger partial charge in [-0.3, -0.25) is 0 Å². The molecule has 0 N–H and O–H groups in total. The van der Waals surface area contributed by atoms with Gasteiger partial charge in [-0.15, -0.1) is 0 Å². The summed E-state index contributed by atoms with van der Waals surface area (Å²) in [7, 11) is 6.00. The van der Waals surface area contributed by atoms with Gasteiger partial charge in [0, 0.05) is 6.04 Å². The topological polar surface area (TPSA) is 12.5 Å². The van der Waals surface area contributed by atoms with Crippen LogP contribution >= 0.6 is 0 Å². The third kappa shape index (κ3) is 1.50. The highest BCUT2D eigenvalue weighted by molar-refractivity contribution is 5.40. The first-order valence-corrected chi connectivity index (χ1v) is 5.05. The molecule has 0 aromatic heterocycles.